The quantitative estimate of drug-likeness (QED) is 0.0317. The van der Waals surface area contributed by atoms with Gasteiger partial charge >= 0.3 is 0 Å². The summed E-state index contributed by atoms with van der Waals surface area (Å²) in [6.45, 7) is 10.5. The first-order chi connectivity index (χ1) is 38.5. The minimum atomic E-state index is -0.638. The predicted octanol–water partition coefficient (Wildman–Crippen LogP) is 6.69. The van der Waals surface area contributed by atoms with Gasteiger partial charge in [-0.2, -0.15) is 5.10 Å². The topological polar surface area (TPSA) is 226 Å². The van der Waals surface area contributed by atoms with Crippen LogP contribution in [0.15, 0.2) is 91.3 Å². The van der Waals surface area contributed by atoms with Gasteiger partial charge < -0.3 is 49.2 Å². The summed E-state index contributed by atoms with van der Waals surface area (Å²) in [5.74, 6) is 1.26. The lowest BCUT2D eigenvalue weighted by Gasteiger charge is -2.40. The standard InChI is InChI=1S/C59H75N11O9.ClH/c1-42(61-55(73)45-9-7-10-47(39-45)64-59(22-26-67(2)27-23-59)58-63-54(65-66-58)44-20-24-60-25-21-44)43-12-15-49(16-13-43)79-34-6-4-3-5-32-76-35-37-78-38-36-77-33-8-11-53(72)69-30-28-68(29-31-69)48-14-17-50-46(40-48)41-70(57(50)75)51-18-19-52(71)62-56(51)74;/h7,9-10,12-17,20-21,24-25,39-40,42,51,64H,3-6,8,11,18-19,22-23,26-38,41H2,1-2H3,(H,61,73)(H,62,71,74)(H,63,65,66);1H/t42-,51?;/m1./s1. The Bertz CT molecular complexity index is 2840. The van der Waals surface area contributed by atoms with Gasteiger partial charge in [-0.3, -0.25) is 39.4 Å². The first kappa shape index (κ1) is 59.2. The number of nitrogens with one attached hydrogen (secondary N) is 4. The Morgan fingerprint density at radius 2 is 1.49 bits per heavy atom. The molecule has 3 aromatic carbocycles. The summed E-state index contributed by atoms with van der Waals surface area (Å²) in [6.07, 6.45) is 10.7. The van der Waals surface area contributed by atoms with Gasteiger partial charge in [0.1, 0.15) is 11.8 Å². The Balaban J connectivity index is 0.00000841. The molecule has 428 valence electrons. The van der Waals surface area contributed by atoms with E-state index in [1.807, 2.05) is 90.7 Å². The van der Waals surface area contributed by atoms with Crippen molar-refractivity contribution in [3.05, 3.63) is 119 Å². The lowest BCUT2D eigenvalue weighted by atomic mass is 9.86. The molecular formula is C59H76ClN11O9. The maximum absolute atomic E-state index is 13.6. The fraction of sp³-hybridized carbons (Fsp3) is 0.492. The van der Waals surface area contributed by atoms with Crippen LogP contribution in [0.5, 0.6) is 5.75 Å². The summed E-state index contributed by atoms with van der Waals surface area (Å²) < 4.78 is 23.2. The Kier molecular flexibility index (Phi) is 21.4. The van der Waals surface area contributed by atoms with E-state index in [9.17, 15) is 24.0 Å². The first-order valence-electron chi connectivity index (χ1n) is 28.0. The van der Waals surface area contributed by atoms with Crippen LogP contribution in [0.4, 0.5) is 11.4 Å². The number of piperazine rings is 1. The second-order valence-corrected chi connectivity index (χ2v) is 20.9. The van der Waals surface area contributed by atoms with Gasteiger partial charge in [-0.15, -0.1) is 12.4 Å². The van der Waals surface area contributed by atoms with Gasteiger partial charge in [-0.05, 0) is 131 Å². The SMILES string of the molecule is C[C@@H](NC(=O)c1cccc(NC2(c3nc(-c4ccncc4)n[nH]3)CCN(C)CC2)c1)c1ccc(OCCCCCCOCCOCCOCCCC(=O)N2CCN(c3ccc4c(c3)CN(C3CCC(=O)NC3=O)C4=O)CC2)cc1.Cl. The Labute approximate surface area is 474 Å². The monoisotopic (exact) mass is 1120 g/mol. The van der Waals surface area contributed by atoms with E-state index in [0.29, 0.717) is 115 Å². The van der Waals surface area contributed by atoms with Gasteiger partial charge in [0.25, 0.3) is 11.8 Å². The van der Waals surface area contributed by atoms with Crippen LogP contribution in [0.1, 0.15) is 115 Å². The molecule has 5 aromatic rings. The highest BCUT2D eigenvalue weighted by molar-refractivity contribution is 6.05. The molecule has 9 rings (SSSR count). The number of carbonyl (C=O) groups excluding carboxylic acids is 5. The van der Waals surface area contributed by atoms with Gasteiger partial charge in [0.05, 0.1) is 44.6 Å². The fourth-order valence-electron chi connectivity index (χ4n) is 10.6. The number of H-pyrrole nitrogens is 1. The lowest BCUT2D eigenvalue weighted by molar-refractivity contribution is -0.137. The number of halogens is 1. The van der Waals surface area contributed by atoms with Gasteiger partial charge in [-0.25, -0.2) is 4.98 Å². The molecule has 20 nitrogen and oxygen atoms in total. The van der Waals surface area contributed by atoms with Crippen LogP contribution >= 0.6 is 12.4 Å². The number of nitrogens with zero attached hydrogens (tertiary/aromatic N) is 7. The number of unbranched alkanes of at least 4 members (excludes halogenated alkanes) is 3. The zero-order chi connectivity index (χ0) is 55.0. The number of hydrogen-bond acceptors (Lipinski definition) is 15. The zero-order valence-corrected chi connectivity index (χ0v) is 46.8. The van der Waals surface area contributed by atoms with Crippen molar-refractivity contribution in [2.75, 3.05) is 103 Å². The molecule has 4 aliphatic rings. The van der Waals surface area contributed by atoms with Crippen molar-refractivity contribution < 1.29 is 42.9 Å². The molecule has 0 radical (unpaired) electrons. The van der Waals surface area contributed by atoms with Crippen LogP contribution in [0, 0.1) is 0 Å². The average molecular weight is 1120 g/mol. The summed E-state index contributed by atoms with van der Waals surface area (Å²) in [4.78, 5) is 80.6. The number of hydrogen-bond donors (Lipinski definition) is 4. The van der Waals surface area contributed by atoms with Gasteiger partial charge in [0.15, 0.2) is 11.6 Å². The lowest BCUT2D eigenvalue weighted by Crippen LogP contribution is -2.52. The molecule has 2 aromatic heterocycles. The minimum Gasteiger partial charge on any atom is -0.494 e. The largest absolute Gasteiger partial charge is 0.494 e. The second kappa shape index (κ2) is 29.0. The fourth-order valence-corrected chi connectivity index (χ4v) is 10.6. The van der Waals surface area contributed by atoms with Crippen LogP contribution in [0.3, 0.4) is 0 Å². The molecule has 0 aliphatic carbocycles. The number of likely N-dealkylation sites (tertiary alicyclic amines) is 1. The molecule has 2 atom stereocenters. The number of anilines is 2. The maximum Gasteiger partial charge on any atom is 0.255 e. The third-order valence-electron chi connectivity index (χ3n) is 15.3. The summed E-state index contributed by atoms with van der Waals surface area (Å²) in [5, 5.41) is 17.0. The van der Waals surface area contributed by atoms with Gasteiger partial charge in [-0.1, -0.05) is 24.6 Å². The smallest absolute Gasteiger partial charge is 0.255 e. The number of fused-ring (bicyclic) bond motifs is 1. The highest BCUT2D eigenvalue weighted by Crippen LogP contribution is 2.36. The van der Waals surface area contributed by atoms with E-state index in [4.69, 9.17) is 23.9 Å². The minimum absolute atomic E-state index is 0. The predicted molar refractivity (Wildman–Crippen MR) is 305 cm³/mol. The van der Waals surface area contributed by atoms with Crippen molar-refractivity contribution in [1.82, 2.24) is 45.5 Å². The van der Waals surface area contributed by atoms with E-state index in [1.54, 1.807) is 17.3 Å². The molecule has 4 aliphatic heterocycles. The van der Waals surface area contributed by atoms with Gasteiger partial charge in [0, 0.05) is 112 Å². The highest BCUT2D eigenvalue weighted by Gasteiger charge is 2.41. The summed E-state index contributed by atoms with van der Waals surface area (Å²) in [6, 6.07) is 24.2. The molecule has 3 saturated heterocycles. The van der Waals surface area contributed by atoms with E-state index in [0.717, 1.165) is 91.3 Å². The molecule has 4 N–H and O–H groups in total. The number of benzene rings is 3. The van der Waals surface area contributed by atoms with E-state index in [1.165, 1.54) is 0 Å². The van der Waals surface area contributed by atoms with Crippen LogP contribution in [-0.2, 0) is 40.7 Å². The molecule has 0 bridgehead atoms. The Morgan fingerprint density at radius 1 is 0.787 bits per heavy atom. The van der Waals surface area contributed by atoms with E-state index >= 15 is 0 Å². The normalized spacial score (nSPS) is 17.6. The average Bonchev–Trinajstić information content (AvgIpc) is 4.11. The molecule has 80 heavy (non-hydrogen) atoms. The molecule has 3 fully saturated rings. The number of piperidine rings is 2. The van der Waals surface area contributed by atoms with Crippen molar-refractivity contribution in [3.63, 3.8) is 0 Å². The molecular weight excluding hydrogens is 1040 g/mol. The number of imide groups is 1. The van der Waals surface area contributed by atoms with Crippen LogP contribution in [0.25, 0.3) is 11.4 Å². The Hall–Kier alpha value is -6.97. The second-order valence-electron chi connectivity index (χ2n) is 20.9. The third kappa shape index (κ3) is 15.7. The van der Waals surface area contributed by atoms with Crippen LogP contribution < -0.4 is 25.6 Å². The van der Waals surface area contributed by atoms with E-state index in [2.05, 4.69) is 48.0 Å². The van der Waals surface area contributed by atoms with E-state index in [-0.39, 0.29) is 48.5 Å². The van der Waals surface area contributed by atoms with Crippen LogP contribution in [-0.4, -0.2) is 163 Å². The molecule has 1 unspecified atom stereocenters. The molecule has 5 amide bonds. The van der Waals surface area contributed by atoms with Gasteiger partial charge in [0.2, 0.25) is 17.7 Å². The molecule has 21 heteroatoms. The number of amides is 5. The molecule has 0 spiro atoms. The number of pyridine rings is 1. The molecule has 6 heterocycles. The van der Waals surface area contributed by atoms with E-state index < -0.39 is 17.5 Å². The zero-order valence-electron chi connectivity index (χ0n) is 46.0. The van der Waals surface area contributed by atoms with Crippen molar-refractivity contribution >= 4 is 53.3 Å². The first-order valence-corrected chi connectivity index (χ1v) is 28.0. The number of aromatic amines is 1. The third-order valence-corrected chi connectivity index (χ3v) is 15.3. The summed E-state index contributed by atoms with van der Waals surface area (Å²) >= 11 is 0. The van der Waals surface area contributed by atoms with Crippen molar-refractivity contribution in [1.29, 1.82) is 0 Å². The maximum atomic E-state index is 13.6. The summed E-state index contributed by atoms with van der Waals surface area (Å²) in [7, 11) is 2.12. The number of ether oxygens (including phenoxy) is 4. The van der Waals surface area contributed by atoms with Crippen molar-refractivity contribution in [2.24, 2.45) is 0 Å². The van der Waals surface area contributed by atoms with Crippen LogP contribution in [0.2, 0.25) is 0 Å². The number of carbonyl (C=O) groups is 5. The highest BCUT2D eigenvalue weighted by atomic mass is 35.5. The van der Waals surface area contributed by atoms with Crippen molar-refractivity contribution in [3.8, 4) is 17.1 Å². The molecule has 0 saturated carbocycles. The van der Waals surface area contributed by atoms with Crippen molar-refractivity contribution in [2.45, 2.75) is 95.3 Å². The summed E-state index contributed by atoms with van der Waals surface area (Å²) in [5.41, 5.74) is 5.27. The number of rotatable bonds is 27. The number of aromatic nitrogens is 4. The Morgan fingerprint density at radius 3 is 2.21 bits per heavy atom.